The maximum atomic E-state index is 14.1. The van der Waals surface area contributed by atoms with Gasteiger partial charge in [-0.25, -0.2) is 0 Å². The number of amides is 1. The summed E-state index contributed by atoms with van der Waals surface area (Å²) in [6, 6.07) is 27.0. The molecule has 3 heterocycles. The van der Waals surface area contributed by atoms with Gasteiger partial charge >= 0.3 is 0 Å². The Bertz CT molecular complexity index is 1710. The van der Waals surface area contributed by atoms with E-state index in [1.807, 2.05) is 96.9 Å². The highest BCUT2D eigenvalue weighted by Gasteiger charge is 2.39. The molecule has 3 aromatic carbocycles. The number of likely N-dealkylation sites (N-methyl/N-ethyl adjacent to an activating group) is 1. The van der Waals surface area contributed by atoms with Gasteiger partial charge in [-0.1, -0.05) is 60.3 Å². The fourth-order valence-corrected chi connectivity index (χ4v) is 7.13. The molecular weight excluding hydrogens is 509 g/mol. The third-order valence-corrected chi connectivity index (χ3v) is 9.14. The third kappa shape index (κ3) is 3.42. The van der Waals surface area contributed by atoms with Crippen LogP contribution in [0.1, 0.15) is 0 Å². The maximum absolute atomic E-state index is 14.1. The number of para-hydroxylation sites is 3. The fourth-order valence-electron chi connectivity index (χ4n) is 4.37. The van der Waals surface area contributed by atoms with Gasteiger partial charge in [0.2, 0.25) is 0 Å². The second-order valence-corrected chi connectivity index (χ2v) is 10.7. The molecule has 0 atom stereocenters. The van der Waals surface area contributed by atoms with Crippen molar-refractivity contribution in [2.75, 3.05) is 23.9 Å². The predicted octanol–water partition coefficient (Wildman–Crippen LogP) is 3.58. The number of thiazole rings is 1. The number of hydrogen-bond donors (Lipinski definition) is 0. The van der Waals surface area contributed by atoms with Gasteiger partial charge in [-0.05, 0) is 48.6 Å². The number of fused-ring (bicyclic) bond motifs is 1. The van der Waals surface area contributed by atoms with Crippen LogP contribution in [0.5, 0.6) is 0 Å². The second-order valence-electron chi connectivity index (χ2n) is 8.31. The van der Waals surface area contributed by atoms with Gasteiger partial charge in [-0.2, -0.15) is 0 Å². The number of benzene rings is 3. The summed E-state index contributed by atoms with van der Waals surface area (Å²) in [5.41, 5.74) is 2.71. The molecule has 1 amide bonds. The van der Waals surface area contributed by atoms with Crippen molar-refractivity contribution in [3.63, 3.8) is 0 Å². The van der Waals surface area contributed by atoms with Gasteiger partial charge in [-0.3, -0.25) is 24.0 Å². The van der Waals surface area contributed by atoms with E-state index in [4.69, 9.17) is 12.2 Å². The van der Waals surface area contributed by atoms with Crippen LogP contribution in [0.15, 0.2) is 94.6 Å². The molecule has 0 saturated carbocycles. The Kier molecular flexibility index (Phi) is 5.55. The van der Waals surface area contributed by atoms with E-state index in [-0.39, 0.29) is 11.5 Å². The Morgan fingerprint density at radius 2 is 1.36 bits per heavy atom. The summed E-state index contributed by atoms with van der Waals surface area (Å²) in [5, 5.41) is 1.21. The van der Waals surface area contributed by atoms with Crippen molar-refractivity contribution in [1.82, 2.24) is 9.47 Å². The van der Waals surface area contributed by atoms with E-state index in [1.54, 1.807) is 28.3 Å². The summed E-state index contributed by atoms with van der Waals surface area (Å²) < 4.78 is 2.75. The lowest BCUT2D eigenvalue weighted by atomic mass is 10.3. The zero-order valence-electron chi connectivity index (χ0n) is 19.4. The summed E-state index contributed by atoms with van der Waals surface area (Å²) in [7, 11) is 3.63. The van der Waals surface area contributed by atoms with Gasteiger partial charge in [0.05, 0.1) is 11.4 Å². The number of carbonyl (C=O) groups excluding carboxylic acids is 1. The quantitative estimate of drug-likeness (QED) is 0.371. The second kappa shape index (κ2) is 8.77. The van der Waals surface area contributed by atoms with Gasteiger partial charge < -0.3 is 4.90 Å². The number of aromatic nitrogens is 1. The largest absolute Gasteiger partial charge is 0.337 e. The van der Waals surface area contributed by atoms with Crippen molar-refractivity contribution in [1.29, 1.82) is 0 Å². The van der Waals surface area contributed by atoms with Gasteiger partial charge in [0, 0.05) is 24.7 Å². The molecule has 0 spiro atoms. The Morgan fingerprint density at radius 1 is 0.750 bits per heavy atom. The minimum atomic E-state index is -0.248. The normalized spacial score (nSPS) is 18.3. The first kappa shape index (κ1) is 22.8. The Labute approximate surface area is 221 Å². The van der Waals surface area contributed by atoms with E-state index in [1.165, 1.54) is 16.2 Å². The number of thiocarbonyl (C=S) groups is 1. The van der Waals surface area contributed by atoms with Crippen molar-refractivity contribution < 1.29 is 4.79 Å². The van der Waals surface area contributed by atoms with Gasteiger partial charge in [-0.15, -0.1) is 11.3 Å². The lowest BCUT2D eigenvalue weighted by Crippen LogP contribution is -2.35. The summed E-state index contributed by atoms with van der Waals surface area (Å²) in [6.45, 7) is 0. The molecule has 1 saturated heterocycles. The monoisotopic (exact) mass is 528 g/mol. The topological polar surface area (TPSA) is 48.8 Å². The molecule has 0 bridgehead atoms. The van der Waals surface area contributed by atoms with Crippen LogP contribution in [0.2, 0.25) is 0 Å². The number of nitrogens with zero attached hydrogens (tertiary/aromatic N) is 4. The van der Waals surface area contributed by atoms with Crippen LogP contribution in [0.25, 0.3) is 16.4 Å². The van der Waals surface area contributed by atoms with E-state index in [9.17, 15) is 9.59 Å². The van der Waals surface area contributed by atoms with Crippen LogP contribution in [0.3, 0.4) is 0 Å². The van der Waals surface area contributed by atoms with Crippen LogP contribution in [-0.4, -0.2) is 34.6 Å². The lowest BCUT2D eigenvalue weighted by molar-refractivity contribution is -0.119. The van der Waals surface area contributed by atoms with E-state index >= 15 is 0 Å². The number of thioether (sulfide) groups is 1. The van der Waals surface area contributed by atoms with Crippen molar-refractivity contribution in [3.8, 4) is 5.69 Å². The molecule has 6 rings (SSSR count). The Balaban J connectivity index is 1.73. The standard InChI is InChI=1S/C27H20N4O2S3/c1-28-19-15-9-10-16-20(19)35-26(28)22-24(33)31(18-13-7-4-8-14-18)25(36-22)21-23(32)29(2)27(34)30(21)17-11-5-3-6-12-17/h3-16H,1-2H3/b25-21-,26-22-. The summed E-state index contributed by atoms with van der Waals surface area (Å²) in [5.74, 6) is -0.248. The molecule has 36 heavy (non-hydrogen) atoms. The first-order valence-electron chi connectivity index (χ1n) is 11.2. The molecular formula is C27H20N4O2S3. The molecule has 0 aliphatic carbocycles. The third-order valence-electron chi connectivity index (χ3n) is 6.17. The van der Waals surface area contributed by atoms with Crippen LogP contribution >= 0.6 is 35.3 Å². The van der Waals surface area contributed by atoms with E-state index < -0.39 is 0 Å². The maximum Gasteiger partial charge on any atom is 0.279 e. The zero-order valence-corrected chi connectivity index (χ0v) is 21.9. The highest BCUT2D eigenvalue weighted by Crippen LogP contribution is 2.45. The average Bonchev–Trinajstić information content (AvgIpc) is 3.50. The van der Waals surface area contributed by atoms with Crippen LogP contribution in [-0.2, 0) is 4.79 Å². The molecule has 0 unspecified atom stereocenters. The van der Waals surface area contributed by atoms with Gasteiger partial charge in [0.15, 0.2) is 5.11 Å². The minimum Gasteiger partial charge on any atom is -0.337 e. The Hall–Kier alpha value is -3.66. The molecule has 9 heteroatoms. The Morgan fingerprint density at radius 3 is 2.03 bits per heavy atom. The van der Waals surface area contributed by atoms with Crippen molar-refractivity contribution in [2.24, 2.45) is 0 Å². The van der Waals surface area contributed by atoms with Crippen LogP contribution in [0.4, 0.5) is 11.4 Å². The van der Waals surface area contributed by atoms with Crippen molar-refractivity contribution >= 4 is 68.4 Å². The SMILES string of the molecule is CN1C(=O)/C(=c2/s/c(=C3\Sc4ccccc4N3C)c(=O)n2-c2ccccc2)N(c2ccccc2)C1=S. The number of carbonyl (C=O) groups is 1. The summed E-state index contributed by atoms with van der Waals surface area (Å²) in [6.07, 6.45) is 0. The molecule has 1 fully saturated rings. The van der Waals surface area contributed by atoms with E-state index in [2.05, 4.69) is 0 Å². The minimum absolute atomic E-state index is 0.169. The number of hydrogen-bond acceptors (Lipinski definition) is 6. The van der Waals surface area contributed by atoms with Gasteiger partial charge in [0.25, 0.3) is 11.5 Å². The highest BCUT2D eigenvalue weighted by atomic mass is 32.2. The van der Waals surface area contributed by atoms with Crippen LogP contribution < -0.4 is 24.6 Å². The lowest BCUT2D eigenvalue weighted by Gasteiger charge is -2.18. The van der Waals surface area contributed by atoms with Crippen molar-refractivity contribution in [3.05, 3.63) is 104 Å². The summed E-state index contributed by atoms with van der Waals surface area (Å²) in [4.78, 5) is 34.0. The molecule has 1 aromatic heterocycles. The number of anilines is 2. The highest BCUT2D eigenvalue weighted by molar-refractivity contribution is 8.08. The molecule has 4 aromatic rings. The first-order valence-corrected chi connectivity index (χ1v) is 13.2. The molecule has 2 aliphatic heterocycles. The average molecular weight is 529 g/mol. The molecule has 0 radical (unpaired) electrons. The smallest absolute Gasteiger partial charge is 0.279 e. The van der Waals surface area contributed by atoms with E-state index in [0.717, 1.165) is 21.3 Å². The van der Waals surface area contributed by atoms with Crippen molar-refractivity contribution in [2.45, 2.75) is 4.90 Å². The number of rotatable bonds is 2. The molecule has 2 aliphatic rings. The molecule has 6 nitrogen and oxygen atoms in total. The predicted molar refractivity (Wildman–Crippen MR) is 151 cm³/mol. The zero-order chi connectivity index (χ0) is 25.0. The summed E-state index contributed by atoms with van der Waals surface area (Å²) >= 11 is 8.57. The first-order chi connectivity index (χ1) is 17.5. The molecule has 178 valence electrons. The fraction of sp³-hybridized carbons (Fsp3) is 0.0741. The van der Waals surface area contributed by atoms with E-state index in [0.29, 0.717) is 25.7 Å². The van der Waals surface area contributed by atoms with Gasteiger partial charge in [0.1, 0.15) is 19.9 Å². The van der Waals surface area contributed by atoms with Crippen LogP contribution in [0, 0.1) is 0 Å². The molecule has 0 N–H and O–H groups in total.